The lowest BCUT2D eigenvalue weighted by atomic mass is 10.1. The summed E-state index contributed by atoms with van der Waals surface area (Å²) in [6.07, 6.45) is 2.68. The average Bonchev–Trinajstić information content (AvgIpc) is 2.57. The monoisotopic (exact) mass is 336 g/mol. The molecule has 0 saturated carbocycles. The molecular formula is C17H24N2O3S. The highest BCUT2D eigenvalue weighted by Gasteiger charge is 2.22. The molecule has 0 radical (unpaired) electrons. The maximum atomic E-state index is 12.8. The van der Waals surface area contributed by atoms with Crippen molar-refractivity contribution >= 4 is 20.8 Å². The highest BCUT2D eigenvalue weighted by molar-refractivity contribution is 7.89. The summed E-state index contributed by atoms with van der Waals surface area (Å²) in [6, 6.07) is 10.3. The molecule has 0 aliphatic rings. The van der Waals surface area contributed by atoms with Gasteiger partial charge in [0.1, 0.15) is 5.75 Å². The van der Waals surface area contributed by atoms with Crippen molar-refractivity contribution in [1.82, 2.24) is 4.72 Å². The number of nitrogens with two attached hydrogens (primary N) is 1. The third-order valence-corrected chi connectivity index (χ3v) is 5.44. The number of nitrogens with one attached hydrogen (secondary N) is 1. The predicted octanol–water partition coefficient (Wildman–Crippen LogP) is 2.64. The van der Waals surface area contributed by atoms with Gasteiger partial charge in [0, 0.05) is 23.4 Å². The number of benzene rings is 2. The fourth-order valence-corrected chi connectivity index (χ4v) is 4.11. The van der Waals surface area contributed by atoms with Crippen LogP contribution in [0, 0.1) is 0 Å². The van der Waals surface area contributed by atoms with E-state index in [1.807, 2.05) is 18.2 Å². The molecule has 5 nitrogen and oxygen atoms in total. The zero-order valence-corrected chi connectivity index (χ0v) is 14.4. The molecule has 1 unspecified atom stereocenters. The molecule has 0 fully saturated rings. The number of fused-ring (bicyclic) bond motifs is 1. The van der Waals surface area contributed by atoms with Crippen molar-refractivity contribution < 1.29 is 13.2 Å². The Kier molecular flexibility index (Phi) is 5.98. The normalized spacial score (nSPS) is 13.2. The summed E-state index contributed by atoms with van der Waals surface area (Å²) in [6.45, 7) is 2.35. The predicted molar refractivity (Wildman–Crippen MR) is 93.2 cm³/mol. The van der Waals surface area contributed by atoms with Gasteiger partial charge in [-0.25, -0.2) is 13.1 Å². The summed E-state index contributed by atoms with van der Waals surface area (Å²) in [5.74, 6) is 0.654. The lowest BCUT2D eigenvalue weighted by Gasteiger charge is -2.18. The van der Waals surface area contributed by atoms with Gasteiger partial charge in [-0.2, -0.15) is 0 Å². The van der Waals surface area contributed by atoms with Crippen LogP contribution in [0.3, 0.4) is 0 Å². The molecule has 0 heterocycles. The summed E-state index contributed by atoms with van der Waals surface area (Å²) in [4.78, 5) is 0.254. The molecule has 6 heteroatoms. The third-order valence-electron chi connectivity index (χ3n) is 3.87. The number of methoxy groups -OCH3 is 1. The molecule has 3 N–H and O–H groups in total. The Bertz CT molecular complexity index is 760. The van der Waals surface area contributed by atoms with Crippen LogP contribution in [0.2, 0.25) is 0 Å². The van der Waals surface area contributed by atoms with Crippen molar-refractivity contribution in [2.24, 2.45) is 5.73 Å². The Morgan fingerprint density at radius 3 is 2.48 bits per heavy atom. The largest absolute Gasteiger partial charge is 0.496 e. The fourth-order valence-electron chi connectivity index (χ4n) is 2.61. The van der Waals surface area contributed by atoms with Gasteiger partial charge in [0.25, 0.3) is 0 Å². The van der Waals surface area contributed by atoms with Crippen LogP contribution in [0.1, 0.15) is 26.2 Å². The van der Waals surface area contributed by atoms with Crippen molar-refractivity contribution in [3.8, 4) is 5.75 Å². The number of hydrogen-bond donors (Lipinski definition) is 2. The maximum absolute atomic E-state index is 12.8. The van der Waals surface area contributed by atoms with E-state index in [0.717, 1.165) is 24.6 Å². The van der Waals surface area contributed by atoms with Crippen molar-refractivity contribution in [1.29, 1.82) is 0 Å². The first kappa shape index (κ1) is 17.7. The lowest BCUT2D eigenvalue weighted by molar-refractivity contribution is 0.419. The number of sulfonamides is 1. The summed E-state index contributed by atoms with van der Waals surface area (Å²) in [5, 5.41) is 1.42. The zero-order chi connectivity index (χ0) is 16.9. The molecule has 0 aliphatic carbocycles. The minimum Gasteiger partial charge on any atom is -0.496 e. The highest BCUT2D eigenvalue weighted by Crippen LogP contribution is 2.30. The Hall–Kier alpha value is -1.63. The van der Waals surface area contributed by atoms with Crippen molar-refractivity contribution in [2.75, 3.05) is 13.7 Å². The van der Waals surface area contributed by atoms with Crippen LogP contribution < -0.4 is 15.2 Å². The fraction of sp³-hybridized carbons (Fsp3) is 0.412. The van der Waals surface area contributed by atoms with Crippen LogP contribution in [0.15, 0.2) is 41.3 Å². The highest BCUT2D eigenvalue weighted by atomic mass is 32.2. The molecule has 23 heavy (non-hydrogen) atoms. The van der Waals surface area contributed by atoms with Crippen LogP contribution >= 0.6 is 0 Å². The van der Waals surface area contributed by atoms with Crippen molar-refractivity contribution in [3.63, 3.8) is 0 Å². The summed E-state index contributed by atoms with van der Waals surface area (Å²) >= 11 is 0. The average molecular weight is 336 g/mol. The number of unbranched alkanes of at least 4 members (excludes halogenated alkanes) is 1. The molecule has 0 saturated heterocycles. The number of ether oxygens (including phenoxy) is 1. The molecule has 0 aromatic heterocycles. The van der Waals surface area contributed by atoms with Gasteiger partial charge >= 0.3 is 0 Å². The first-order chi connectivity index (χ1) is 11.0. The Labute approximate surface area is 137 Å². The van der Waals surface area contributed by atoms with Crippen molar-refractivity contribution in [3.05, 3.63) is 36.4 Å². The first-order valence-electron chi connectivity index (χ1n) is 7.81. The Morgan fingerprint density at radius 1 is 1.17 bits per heavy atom. The van der Waals surface area contributed by atoms with Gasteiger partial charge in [-0.15, -0.1) is 0 Å². The molecule has 1 atom stereocenters. The third kappa shape index (κ3) is 4.02. The molecule has 0 bridgehead atoms. The summed E-state index contributed by atoms with van der Waals surface area (Å²) in [5.41, 5.74) is 5.71. The second kappa shape index (κ2) is 7.77. The van der Waals surface area contributed by atoms with Gasteiger partial charge in [-0.1, -0.05) is 44.0 Å². The van der Waals surface area contributed by atoms with E-state index in [4.69, 9.17) is 10.5 Å². The van der Waals surface area contributed by atoms with Gasteiger partial charge in [0.05, 0.1) is 12.0 Å². The Morgan fingerprint density at radius 2 is 1.87 bits per heavy atom. The summed E-state index contributed by atoms with van der Waals surface area (Å²) in [7, 11) is -2.07. The van der Waals surface area contributed by atoms with E-state index in [-0.39, 0.29) is 17.5 Å². The smallest absolute Gasteiger partial charge is 0.241 e. The van der Waals surface area contributed by atoms with Gasteiger partial charge in [0.15, 0.2) is 0 Å². The van der Waals surface area contributed by atoms with E-state index in [2.05, 4.69) is 11.6 Å². The molecule has 0 amide bonds. The standard InChI is InChI=1S/C17H24N2O3S/c1-3-4-7-13(12-18)19-23(20,21)17-11-10-16(22-2)14-8-5-6-9-15(14)17/h5-6,8-11,13,19H,3-4,7,12,18H2,1-2H3. The van der Waals surface area contributed by atoms with E-state index in [9.17, 15) is 8.42 Å². The van der Waals surface area contributed by atoms with E-state index >= 15 is 0 Å². The van der Waals surface area contributed by atoms with Crippen LogP contribution in [-0.4, -0.2) is 28.1 Å². The van der Waals surface area contributed by atoms with Crippen LogP contribution in [0.5, 0.6) is 5.75 Å². The molecule has 0 aliphatic heterocycles. The first-order valence-corrected chi connectivity index (χ1v) is 9.30. The van der Waals surface area contributed by atoms with Crippen molar-refractivity contribution in [2.45, 2.75) is 37.1 Å². The molecule has 2 aromatic rings. The molecule has 0 spiro atoms. The SMILES string of the molecule is CCCCC(CN)NS(=O)(=O)c1ccc(OC)c2ccccc12. The van der Waals surface area contributed by atoms with Gasteiger partial charge in [-0.3, -0.25) is 0 Å². The molecular weight excluding hydrogens is 312 g/mol. The minimum absolute atomic E-state index is 0.249. The minimum atomic E-state index is -3.64. The number of hydrogen-bond acceptors (Lipinski definition) is 4. The number of rotatable bonds is 8. The topological polar surface area (TPSA) is 81.4 Å². The quantitative estimate of drug-likeness (QED) is 0.776. The van der Waals surface area contributed by atoms with E-state index in [1.54, 1.807) is 25.3 Å². The van der Waals surface area contributed by atoms with Crippen LogP contribution in [0.4, 0.5) is 0 Å². The second-order valence-corrected chi connectivity index (χ2v) is 7.19. The lowest BCUT2D eigenvalue weighted by Crippen LogP contribution is -2.40. The molecule has 2 aromatic carbocycles. The maximum Gasteiger partial charge on any atom is 0.241 e. The van der Waals surface area contributed by atoms with Gasteiger partial charge in [0.2, 0.25) is 10.0 Å². The van der Waals surface area contributed by atoms with Gasteiger partial charge in [-0.05, 0) is 18.6 Å². The van der Waals surface area contributed by atoms with Crippen LogP contribution in [0.25, 0.3) is 10.8 Å². The van der Waals surface area contributed by atoms with E-state index in [1.165, 1.54) is 0 Å². The van der Waals surface area contributed by atoms with Crippen LogP contribution in [-0.2, 0) is 10.0 Å². The molecule has 126 valence electrons. The molecule has 2 rings (SSSR count). The zero-order valence-electron chi connectivity index (χ0n) is 13.6. The Balaban J connectivity index is 2.42. The summed E-state index contributed by atoms with van der Waals surface area (Å²) < 4.78 is 33.6. The van der Waals surface area contributed by atoms with Gasteiger partial charge < -0.3 is 10.5 Å². The van der Waals surface area contributed by atoms with E-state index < -0.39 is 10.0 Å². The second-order valence-electron chi connectivity index (χ2n) is 5.51. The van der Waals surface area contributed by atoms with E-state index in [0.29, 0.717) is 11.1 Å².